The maximum Gasteiger partial charge on any atom is 0.285 e. The maximum absolute atomic E-state index is 11.4. The molecular formula is C17H15ClN4O2. The average molecular weight is 343 g/mol. The van der Waals surface area contributed by atoms with Gasteiger partial charge >= 0.3 is 0 Å². The van der Waals surface area contributed by atoms with E-state index < -0.39 is 5.56 Å². The van der Waals surface area contributed by atoms with Crippen LogP contribution in [-0.4, -0.2) is 15.2 Å². The van der Waals surface area contributed by atoms with Gasteiger partial charge in [-0.25, -0.2) is 5.10 Å². The Bertz CT molecular complexity index is 868. The van der Waals surface area contributed by atoms with Gasteiger partial charge < -0.3 is 10.1 Å². The van der Waals surface area contributed by atoms with Crippen LogP contribution in [0, 0.1) is 0 Å². The molecule has 3 rings (SSSR count). The van der Waals surface area contributed by atoms with Crippen molar-refractivity contribution >= 4 is 17.3 Å². The van der Waals surface area contributed by atoms with Crippen LogP contribution in [0.15, 0.2) is 59.7 Å². The van der Waals surface area contributed by atoms with E-state index in [9.17, 15) is 4.79 Å². The Labute approximate surface area is 143 Å². The number of aromatic amines is 1. The number of pyridine rings is 1. The number of H-pyrrole nitrogens is 1. The molecule has 0 saturated heterocycles. The molecule has 2 aromatic heterocycles. The minimum Gasteiger partial charge on any atom is -0.487 e. The molecule has 122 valence electrons. The zero-order valence-electron chi connectivity index (χ0n) is 12.7. The van der Waals surface area contributed by atoms with E-state index in [-0.39, 0.29) is 5.02 Å². The lowest BCUT2D eigenvalue weighted by molar-refractivity contribution is 0.301. The standard InChI is InChI=1S/C17H15ClN4O2/c18-16-15(10-21-22-17(16)23)20-9-12-4-3-6-14(8-12)24-11-13-5-1-2-7-19-13/h1-8,10H,9,11H2,(H2,20,22,23). The minimum atomic E-state index is -0.422. The second-order valence-corrected chi connectivity index (χ2v) is 5.42. The van der Waals surface area contributed by atoms with Gasteiger partial charge in [0.2, 0.25) is 0 Å². The molecule has 0 amide bonds. The first-order chi connectivity index (χ1) is 11.7. The molecule has 0 bridgehead atoms. The molecule has 2 N–H and O–H groups in total. The number of benzene rings is 1. The normalized spacial score (nSPS) is 10.4. The van der Waals surface area contributed by atoms with Crippen molar-refractivity contribution in [3.05, 3.63) is 81.5 Å². The van der Waals surface area contributed by atoms with E-state index in [0.29, 0.717) is 18.8 Å². The van der Waals surface area contributed by atoms with Gasteiger partial charge in [0.1, 0.15) is 17.4 Å². The largest absolute Gasteiger partial charge is 0.487 e. The number of rotatable bonds is 6. The Morgan fingerprint density at radius 1 is 1.21 bits per heavy atom. The van der Waals surface area contributed by atoms with Crippen molar-refractivity contribution < 1.29 is 4.74 Å². The monoisotopic (exact) mass is 342 g/mol. The van der Waals surface area contributed by atoms with Gasteiger partial charge in [0, 0.05) is 12.7 Å². The first-order valence-electron chi connectivity index (χ1n) is 7.31. The third-order valence-electron chi connectivity index (χ3n) is 3.29. The molecule has 0 aliphatic carbocycles. The summed E-state index contributed by atoms with van der Waals surface area (Å²) in [6, 6.07) is 13.4. The summed E-state index contributed by atoms with van der Waals surface area (Å²) in [5, 5.41) is 9.18. The molecule has 24 heavy (non-hydrogen) atoms. The van der Waals surface area contributed by atoms with E-state index in [1.54, 1.807) is 6.20 Å². The molecular weight excluding hydrogens is 328 g/mol. The van der Waals surface area contributed by atoms with Crippen LogP contribution >= 0.6 is 11.6 Å². The molecule has 0 saturated carbocycles. The Balaban J connectivity index is 1.63. The molecule has 0 spiro atoms. The highest BCUT2D eigenvalue weighted by Gasteiger charge is 2.05. The molecule has 0 aliphatic heterocycles. The summed E-state index contributed by atoms with van der Waals surface area (Å²) in [4.78, 5) is 15.6. The van der Waals surface area contributed by atoms with Crippen molar-refractivity contribution in [2.24, 2.45) is 0 Å². The van der Waals surface area contributed by atoms with E-state index in [4.69, 9.17) is 16.3 Å². The molecule has 0 aliphatic rings. The van der Waals surface area contributed by atoms with Gasteiger partial charge in [-0.3, -0.25) is 9.78 Å². The van der Waals surface area contributed by atoms with E-state index >= 15 is 0 Å². The van der Waals surface area contributed by atoms with E-state index in [0.717, 1.165) is 17.0 Å². The van der Waals surface area contributed by atoms with Crippen LogP contribution in [-0.2, 0) is 13.2 Å². The predicted octanol–water partition coefficient (Wildman–Crippen LogP) is 3.01. The SMILES string of the molecule is O=c1[nH]ncc(NCc2cccc(OCc3ccccn3)c2)c1Cl. The molecule has 0 unspecified atom stereocenters. The summed E-state index contributed by atoms with van der Waals surface area (Å²) in [7, 11) is 0. The quantitative estimate of drug-likeness (QED) is 0.719. The van der Waals surface area contributed by atoms with Gasteiger partial charge in [-0.1, -0.05) is 29.8 Å². The zero-order chi connectivity index (χ0) is 16.8. The lowest BCUT2D eigenvalue weighted by Gasteiger charge is -2.10. The van der Waals surface area contributed by atoms with Crippen LogP contribution in [0.4, 0.5) is 5.69 Å². The van der Waals surface area contributed by atoms with Crippen molar-refractivity contribution in [2.45, 2.75) is 13.2 Å². The highest BCUT2D eigenvalue weighted by Crippen LogP contribution is 2.18. The van der Waals surface area contributed by atoms with Gasteiger partial charge in [-0.05, 0) is 29.8 Å². The van der Waals surface area contributed by atoms with E-state index in [1.807, 2.05) is 42.5 Å². The predicted molar refractivity (Wildman–Crippen MR) is 92.2 cm³/mol. The lowest BCUT2D eigenvalue weighted by atomic mass is 10.2. The summed E-state index contributed by atoms with van der Waals surface area (Å²) < 4.78 is 5.74. The fourth-order valence-corrected chi connectivity index (χ4v) is 2.25. The molecule has 7 heteroatoms. The van der Waals surface area contributed by atoms with Crippen LogP contribution in [0.1, 0.15) is 11.3 Å². The molecule has 0 fully saturated rings. The van der Waals surface area contributed by atoms with E-state index in [1.165, 1.54) is 6.20 Å². The summed E-state index contributed by atoms with van der Waals surface area (Å²) >= 11 is 5.93. The molecule has 2 heterocycles. The third kappa shape index (κ3) is 4.11. The minimum absolute atomic E-state index is 0.0903. The number of hydrogen-bond acceptors (Lipinski definition) is 5. The van der Waals surface area contributed by atoms with Crippen molar-refractivity contribution in [1.82, 2.24) is 15.2 Å². The smallest absolute Gasteiger partial charge is 0.285 e. The number of ether oxygens (including phenoxy) is 1. The Morgan fingerprint density at radius 2 is 2.12 bits per heavy atom. The van der Waals surface area contributed by atoms with Crippen molar-refractivity contribution in [3.63, 3.8) is 0 Å². The number of nitrogens with one attached hydrogen (secondary N) is 2. The lowest BCUT2D eigenvalue weighted by Crippen LogP contribution is -2.11. The first-order valence-corrected chi connectivity index (χ1v) is 7.69. The van der Waals surface area contributed by atoms with Gasteiger partial charge in [0.25, 0.3) is 5.56 Å². The summed E-state index contributed by atoms with van der Waals surface area (Å²) in [5.41, 5.74) is 1.92. The van der Waals surface area contributed by atoms with Gasteiger partial charge in [0.05, 0.1) is 17.6 Å². The topological polar surface area (TPSA) is 79.9 Å². The summed E-state index contributed by atoms with van der Waals surface area (Å²) in [6.07, 6.45) is 3.21. The van der Waals surface area contributed by atoms with E-state index in [2.05, 4.69) is 20.5 Å². The summed E-state index contributed by atoms with van der Waals surface area (Å²) in [5.74, 6) is 0.745. The fraction of sp³-hybridized carbons (Fsp3) is 0.118. The third-order valence-corrected chi connectivity index (χ3v) is 3.67. The van der Waals surface area contributed by atoms with Crippen LogP contribution < -0.4 is 15.6 Å². The van der Waals surface area contributed by atoms with Crippen molar-refractivity contribution in [1.29, 1.82) is 0 Å². The molecule has 6 nitrogen and oxygen atoms in total. The average Bonchev–Trinajstić information content (AvgIpc) is 2.62. The molecule has 0 atom stereocenters. The first kappa shape index (κ1) is 16.0. The maximum atomic E-state index is 11.4. The number of aromatic nitrogens is 3. The highest BCUT2D eigenvalue weighted by atomic mass is 35.5. The van der Waals surface area contributed by atoms with Crippen LogP contribution in [0.5, 0.6) is 5.75 Å². The van der Waals surface area contributed by atoms with Crippen molar-refractivity contribution in [3.8, 4) is 5.75 Å². The van der Waals surface area contributed by atoms with Crippen LogP contribution in [0.2, 0.25) is 5.02 Å². The van der Waals surface area contributed by atoms with Crippen LogP contribution in [0.3, 0.4) is 0 Å². The molecule has 0 radical (unpaired) electrons. The second kappa shape index (κ2) is 7.61. The van der Waals surface area contributed by atoms with Gasteiger partial charge in [-0.2, -0.15) is 5.10 Å². The fourth-order valence-electron chi connectivity index (χ4n) is 2.09. The van der Waals surface area contributed by atoms with Crippen LogP contribution in [0.25, 0.3) is 0 Å². The Kier molecular flexibility index (Phi) is 5.08. The van der Waals surface area contributed by atoms with Gasteiger partial charge in [0.15, 0.2) is 0 Å². The van der Waals surface area contributed by atoms with Gasteiger partial charge in [-0.15, -0.1) is 0 Å². The zero-order valence-corrected chi connectivity index (χ0v) is 13.5. The summed E-state index contributed by atoms with van der Waals surface area (Å²) in [6.45, 7) is 0.896. The molecule has 3 aromatic rings. The number of anilines is 1. The number of halogens is 1. The number of hydrogen-bond donors (Lipinski definition) is 2. The highest BCUT2D eigenvalue weighted by molar-refractivity contribution is 6.32. The molecule has 1 aromatic carbocycles. The van der Waals surface area contributed by atoms with Crippen molar-refractivity contribution in [2.75, 3.05) is 5.32 Å². The Hall–Kier alpha value is -2.86. The Morgan fingerprint density at radius 3 is 2.96 bits per heavy atom. The number of nitrogens with zero attached hydrogens (tertiary/aromatic N) is 2. The second-order valence-electron chi connectivity index (χ2n) is 5.04.